The van der Waals surface area contributed by atoms with Gasteiger partial charge in [0.15, 0.2) is 11.5 Å². The minimum absolute atomic E-state index is 0.0911. The van der Waals surface area contributed by atoms with Crippen LogP contribution in [0.3, 0.4) is 0 Å². The Kier molecular flexibility index (Phi) is 4.44. The van der Waals surface area contributed by atoms with Crippen molar-refractivity contribution in [2.75, 3.05) is 11.9 Å². The second-order valence-electron chi connectivity index (χ2n) is 4.95. The third-order valence-corrected chi connectivity index (χ3v) is 3.50. The smallest absolute Gasteiger partial charge is 0.224 e. The van der Waals surface area contributed by atoms with E-state index in [1.807, 2.05) is 24.3 Å². The molecule has 2 heterocycles. The van der Waals surface area contributed by atoms with Crippen molar-refractivity contribution in [1.82, 2.24) is 4.98 Å². The maximum absolute atomic E-state index is 11.9. The van der Waals surface area contributed by atoms with Crippen molar-refractivity contribution < 1.29 is 14.3 Å². The summed E-state index contributed by atoms with van der Waals surface area (Å²) in [7, 11) is 0. The van der Waals surface area contributed by atoms with E-state index in [-0.39, 0.29) is 12.0 Å². The Morgan fingerprint density at radius 1 is 1.27 bits per heavy atom. The van der Waals surface area contributed by atoms with Crippen molar-refractivity contribution >= 4 is 23.2 Å². The molecule has 1 N–H and O–H groups in total. The number of fused-ring (bicyclic) bond motifs is 1. The van der Waals surface area contributed by atoms with Gasteiger partial charge >= 0.3 is 0 Å². The van der Waals surface area contributed by atoms with E-state index < -0.39 is 0 Å². The summed E-state index contributed by atoms with van der Waals surface area (Å²) in [6.07, 6.45) is 2.33. The molecule has 0 radical (unpaired) electrons. The lowest BCUT2D eigenvalue weighted by Crippen LogP contribution is -2.30. The van der Waals surface area contributed by atoms with Crippen LogP contribution in [0.2, 0.25) is 5.15 Å². The Balaban J connectivity index is 1.49. The number of aromatic nitrogens is 1. The number of hydrogen-bond donors (Lipinski definition) is 1. The van der Waals surface area contributed by atoms with Gasteiger partial charge in [-0.25, -0.2) is 4.98 Å². The second-order valence-corrected chi connectivity index (χ2v) is 5.34. The number of carbonyl (C=O) groups excluding carboxylic acids is 1. The lowest BCUT2D eigenvalue weighted by Gasteiger charge is -2.26. The van der Waals surface area contributed by atoms with Crippen LogP contribution in [0.1, 0.15) is 12.8 Å². The average Bonchev–Trinajstić information content (AvgIpc) is 2.55. The van der Waals surface area contributed by atoms with Crippen molar-refractivity contribution in [3.63, 3.8) is 0 Å². The summed E-state index contributed by atoms with van der Waals surface area (Å²) >= 11 is 5.70. The summed E-state index contributed by atoms with van der Waals surface area (Å²) in [5.74, 6) is 1.38. The number of halogens is 1. The lowest BCUT2D eigenvalue weighted by atomic mass is 10.1. The maximum atomic E-state index is 11.9. The summed E-state index contributed by atoms with van der Waals surface area (Å²) in [5, 5.41) is 3.16. The number of hydrogen-bond acceptors (Lipinski definition) is 4. The fourth-order valence-corrected chi connectivity index (χ4v) is 2.28. The SMILES string of the molecule is O=C(CC[C@@H]1COc2ccccc2O1)Nc1ccc(Cl)nc1. The molecule has 2 aromatic rings. The number of para-hydroxylation sites is 2. The fourth-order valence-electron chi connectivity index (χ4n) is 2.17. The van der Waals surface area contributed by atoms with E-state index in [0.717, 1.165) is 11.5 Å². The summed E-state index contributed by atoms with van der Waals surface area (Å²) < 4.78 is 11.4. The van der Waals surface area contributed by atoms with E-state index in [4.69, 9.17) is 21.1 Å². The zero-order chi connectivity index (χ0) is 15.4. The molecule has 1 aromatic carbocycles. The van der Waals surface area contributed by atoms with Crippen LogP contribution in [0, 0.1) is 0 Å². The van der Waals surface area contributed by atoms with Crippen LogP contribution in [0.4, 0.5) is 5.69 Å². The molecule has 0 saturated carbocycles. The highest BCUT2D eigenvalue weighted by Gasteiger charge is 2.21. The second kappa shape index (κ2) is 6.66. The van der Waals surface area contributed by atoms with Crippen molar-refractivity contribution in [3.8, 4) is 11.5 Å². The standard InChI is InChI=1S/C16H15ClN2O3/c17-15-7-5-11(9-18-15)19-16(20)8-6-12-10-21-13-3-1-2-4-14(13)22-12/h1-5,7,9,12H,6,8,10H2,(H,19,20)/t12-/m1/s1. The normalized spacial score (nSPS) is 16.1. The van der Waals surface area contributed by atoms with Crippen LogP contribution in [-0.4, -0.2) is 23.6 Å². The highest BCUT2D eigenvalue weighted by Crippen LogP contribution is 2.31. The van der Waals surface area contributed by atoms with Crippen LogP contribution in [0.5, 0.6) is 11.5 Å². The number of benzene rings is 1. The van der Waals surface area contributed by atoms with Crippen molar-refractivity contribution in [2.45, 2.75) is 18.9 Å². The van der Waals surface area contributed by atoms with Gasteiger partial charge in [-0.15, -0.1) is 0 Å². The predicted molar refractivity (Wildman–Crippen MR) is 83.5 cm³/mol. The average molecular weight is 319 g/mol. The summed E-state index contributed by atoms with van der Waals surface area (Å²) in [5.41, 5.74) is 0.626. The number of rotatable bonds is 4. The maximum Gasteiger partial charge on any atom is 0.224 e. The first-order valence-electron chi connectivity index (χ1n) is 7.00. The molecule has 0 saturated heterocycles. The molecule has 0 bridgehead atoms. The molecule has 0 spiro atoms. The monoisotopic (exact) mass is 318 g/mol. The molecule has 0 unspecified atom stereocenters. The zero-order valence-corrected chi connectivity index (χ0v) is 12.5. The third kappa shape index (κ3) is 3.68. The molecular formula is C16H15ClN2O3. The molecule has 5 nitrogen and oxygen atoms in total. The summed E-state index contributed by atoms with van der Waals surface area (Å²) in [4.78, 5) is 15.8. The largest absolute Gasteiger partial charge is 0.486 e. The van der Waals surface area contributed by atoms with Gasteiger partial charge in [-0.3, -0.25) is 4.79 Å². The third-order valence-electron chi connectivity index (χ3n) is 3.27. The molecule has 6 heteroatoms. The van der Waals surface area contributed by atoms with Crippen molar-refractivity contribution in [2.24, 2.45) is 0 Å². The van der Waals surface area contributed by atoms with Gasteiger partial charge in [-0.2, -0.15) is 0 Å². The van der Waals surface area contributed by atoms with E-state index in [2.05, 4.69) is 10.3 Å². The number of carbonyl (C=O) groups is 1. The van der Waals surface area contributed by atoms with Gasteiger partial charge < -0.3 is 14.8 Å². The molecule has 1 aromatic heterocycles. The van der Waals surface area contributed by atoms with E-state index in [0.29, 0.717) is 30.3 Å². The molecule has 0 fully saturated rings. The number of nitrogens with one attached hydrogen (secondary N) is 1. The number of pyridine rings is 1. The molecule has 114 valence electrons. The lowest BCUT2D eigenvalue weighted by molar-refractivity contribution is -0.116. The van der Waals surface area contributed by atoms with Gasteiger partial charge in [0.05, 0.1) is 11.9 Å². The van der Waals surface area contributed by atoms with Gasteiger partial charge in [0.2, 0.25) is 5.91 Å². The number of anilines is 1. The fraction of sp³-hybridized carbons (Fsp3) is 0.250. The molecule has 1 amide bonds. The van der Waals surface area contributed by atoms with Gasteiger partial charge in [-0.05, 0) is 30.7 Å². The van der Waals surface area contributed by atoms with Gasteiger partial charge in [-0.1, -0.05) is 23.7 Å². The molecule has 22 heavy (non-hydrogen) atoms. The number of amides is 1. The van der Waals surface area contributed by atoms with Crippen LogP contribution < -0.4 is 14.8 Å². The topological polar surface area (TPSA) is 60.5 Å². The summed E-state index contributed by atoms with van der Waals surface area (Å²) in [6.45, 7) is 0.451. The minimum Gasteiger partial charge on any atom is -0.486 e. The number of ether oxygens (including phenoxy) is 2. The Hall–Kier alpha value is -2.27. The first kappa shape index (κ1) is 14.7. The first-order chi connectivity index (χ1) is 10.7. The molecule has 1 aliphatic rings. The quantitative estimate of drug-likeness (QED) is 0.879. The highest BCUT2D eigenvalue weighted by molar-refractivity contribution is 6.29. The minimum atomic E-state index is -0.121. The van der Waals surface area contributed by atoms with Crippen LogP contribution in [0.25, 0.3) is 0 Å². The van der Waals surface area contributed by atoms with E-state index in [9.17, 15) is 4.79 Å². The molecule has 3 rings (SSSR count). The Labute approximate surface area is 133 Å². The molecule has 1 aliphatic heterocycles. The zero-order valence-electron chi connectivity index (χ0n) is 11.8. The van der Waals surface area contributed by atoms with Gasteiger partial charge in [0, 0.05) is 6.42 Å². The van der Waals surface area contributed by atoms with Crippen molar-refractivity contribution in [3.05, 3.63) is 47.7 Å². The Morgan fingerprint density at radius 3 is 2.86 bits per heavy atom. The number of nitrogens with zero attached hydrogens (tertiary/aromatic N) is 1. The van der Waals surface area contributed by atoms with E-state index in [1.165, 1.54) is 6.20 Å². The van der Waals surface area contributed by atoms with Gasteiger partial charge in [0.25, 0.3) is 0 Å². The first-order valence-corrected chi connectivity index (χ1v) is 7.38. The molecule has 1 atom stereocenters. The molecular weight excluding hydrogens is 304 g/mol. The highest BCUT2D eigenvalue weighted by atomic mass is 35.5. The van der Waals surface area contributed by atoms with Crippen LogP contribution >= 0.6 is 11.6 Å². The van der Waals surface area contributed by atoms with E-state index in [1.54, 1.807) is 12.1 Å². The Bertz CT molecular complexity index is 661. The van der Waals surface area contributed by atoms with Crippen molar-refractivity contribution in [1.29, 1.82) is 0 Å². The summed E-state index contributed by atoms with van der Waals surface area (Å²) in [6, 6.07) is 10.9. The Morgan fingerprint density at radius 2 is 2.09 bits per heavy atom. The van der Waals surface area contributed by atoms with Crippen LogP contribution in [0.15, 0.2) is 42.6 Å². The predicted octanol–water partition coefficient (Wildman–Crippen LogP) is 3.29. The van der Waals surface area contributed by atoms with Gasteiger partial charge in [0.1, 0.15) is 17.9 Å². The van der Waals surface area contributed by atoms with E-state index >= 15 is 0 Å². The van der Waals surface area contributed by atoms with Crippen LogP contribution in [-0.2, 0) is 4.79 Å². The molecule has 0 aliphatic carbocycles.